The van der Waals surface area contributed by atoms with Crippen molar-refractivity contribution in [3.05, 3.63) is 51.9 Å². The van der Waals surface area contributed by atoms with Gasteiger partial charge in [0.15, 0.2) is 0 Å². The number of aromatic hydroxyl groups is 1. The average Bonchev–Trinajstić information content (AvgIpc) is 3.06. The molecule has 144 valence electrons. The van der Waals surface area contributed by atoms with E-state index in [1.165, 1.54) is 10.5 Å². The number of benzene rings is 1. The van der Waals surface area contributed by atoms with Crippen molar-refractivity contribution in [1.29, 1.82) is 5.26 Å². The molecule has 0 radical (unpaired) electrons. The number of amides is 1. The number of fused-ring (bicyclic) bond motifs is 1. The summed E-state index contributed by atoms with van der Waals surface area (Å²) in [5, 5.41) is 22.6. The van der Waals surface area contributed by atoms with Crippen LogP contribution in [-0.4, -0.2) is 35.5 Å². The maximum Gasteiger partial charge on any atom is 0.239 e. The molecule has 28 heavy (non-hydrogen) atoms. The third-order valence-electron chi connectivity index (χ3n) is 5.43. The second-order valence-corrected chi connectivity index (χ2v) is 8.44. The van der Waals surface area contributed by atoms with Crippen molar-refractivity contribution in [2.24, 2.45) is 0 Å². The summed E-state index contributed by atoms with van der Waals surface area (Å²) in [6.07, 6.45) is 7.26. The lowest BCUT2D eigenvalue weighted by molar-refractivity contribution is -0.117. The van der Waals surface area contributed by atoms with Crippen molar-refractivity contribution in [2.45, 2.75) is 32.1 Å². The topological polar surface area (TPSA) is 76.4 Å². The SMILES string of the molecule is N#Cc1c(NC(=O)CN2CC=C(c3ccc(O)cc3)CC2)sc2c1CCCC2. The van der Waals surface area contributed by atoms with Gasteiger partial charge in [-0.2, -0.15) is 5.26 Å². The number of phenols is 1. The second-order valence-electron chi connectivity index (χ2n) is 7.34. The molecule has 0 fully saturated rings. The van der Waals surface area contributed by atoms with Gasteiger partial charge in [-0.1, -0.05) is 18.2 Å². The van der Waals surface area contributed by atoms with E-state index in [1.807, 2.05) is 12.1 Å². The number of anilines is 1. The van der Waals surface area contributed by atoms with Crippen LogP contribution in [0.15, 0.2) is 30.3 Å². The Bertz CT molecular complexity index is 953. The molecule has 0 unspecified atom stereocenters. The van der Waals surface area contributed by atoms with Crippen molar-refractivity contribution >= 4 is 27.8 Å². The first-order valence-corrected chi connectivity index (χ1v) is 10.5. The summed E-state index contributed by atoms with van der Waals surface area (Å²) in [5.41, 5.74) is 4.17. The zero-order valence-electron chi connectivity index (χ0n) is 15.7. The van der Waals surface area contributed by atoms with Gasteiger partial charge >= 0.3 is 0 Å². The van der Waals surface area contributed by atoms with E-state index in [-0.39, 0.29) is 11.7 Å². The lowest BCUT2D eigenvalue weighted by Crippen LogP contribution is -2.36. The van der Waals surface area contributed by atoms with Gasteiger partial charge in [-0.3, -0.25) is 9.69 Å². The number of rotatable bonds is 4. The van der Waals surface area contributed by atoms with Crippen molar-refractivity contribution < 1.29 is 9.90 Å². The minimum absolute atomic E-state index is 0.0587. The third kappa shape index (κ3) is 3.96. The van der Waals surface area contributed by atoms with Gasteiger partial charge in [0.1, 0.15) is 16.8 Å². The predicted octanol–water partition coefficient (Wildman–Crippen LogP) is 3.93. The van der Waals surface area contributed by atoms with Gasteiger partial charge < -0.3 is 10.4 Å². The Labute approximate surface area is 168 Å². The number of nitriles is 1. The normalized spacial score (nSPS) is 16.8. The van der Waals surface area contributed by atoms with Crippen LogP contribution in [0.25, 0.3) is 5.57 Å². The fourth-order valence-corrected chi connectivity index (χ4v) is 5.19. The van der Waals surface area contributed by atoms with E-state index in [9.17, 15) is 15.2 Å². The third-order valence-corrected chi connectivity index (χ3v) is 6.64. The molecule has 1 aliphatic heterocycles. The second kappa shape index (κ2) is 8.17. The summed E-state index contributed by atoms with van der Waals surface area (Å²) >= 11 is 1.57. The zero-order valence-corrected chi connectivity index (χ0v) is 16.5. The highest BCUT2D eigenvalue weighted by atomic mass is 32.1. The number of hydrogen-bond acceptors (Lipinski definition) is 5. The molecule has 1 aromatic heterocycles. The lowest BCUT2D eigenvalue weighted by atomic mass is 9.96. The maximum atomic E-state index is 12.5. The highest BCUT2D eigenvalue weighted by Gasteiger charge is 2.23. The van der Waals surface area contributed by atoms with Crippen LogP contribution in [0.3, 0.4) is 0 Å². The van der Waals surface area contributed by atoms with Gasteiger partial charge in [-0.25, -0.2) is 0 Å². The van der Waals surface area contributed by atoms with E-state index >= 15 is 0 Å². The molecule has 2 N–H and O–H groups in total. The average molecular weight is 394 g/mol. The Hall–Kier alpha value is -2.62. The van der Waals surface area contributed by atoms with Gasteiger partial charge in [0, 0.05) is 18.0 Å². The van der Waals surface area contributed by atoms with Crippen LogP contribution < -0.4 is 5.32 Å². The van der Waals surface area contributed by atoms with Gasteiger partial charge in [0.25, 0.3) is 0 Å². The van der Waals surface area contributed by atoms with E-state index in [0.29, 0.717) is 12.1 Å². The number of phenolic OH excluding ortho intramolecular Hbond substituents is 1. The summed E-state index contributed by atoms with van der Waals surface area (Å²) in [5.74, 6) is 0.210. The number of hydrogen-bond donors (Lipinski definition) is 2. The van der Waals surface area contributed by atoms with Crippen molar-refractivity contribution in [2.75, 3.05) is 25.0 Å². The van der Waals surface area contributed by atoms with Gasteiger partial charge in [0.05, 0.1) is 12.1 Å². The van der Waals surface area contributed by atoms with Gasteiger partial charge in [0.2, 0.25) is 5.91 Å². The maximum absolute atomic E-state index is 12.5. The highest BCUT2D eigenvalue weighted by Crippen LogP contribution is 2.37. The molecule has 1 aromatic carbocycles. The number of thiophene rings is 1. The Balaban J connectivity index is 1.37. The lowest BCUT2D eigenvalue weighted by Gasteiger charge is -2.25. The van der Waals surface area contributed by atoms with E-state index in [1.54, 1.807) is 23.5 Å². The van der Waals surface area contributed by atoms with Gasteiger partial charge in [-0.05, 0) is 60.9 Å². The number of carbonyl (C=O) groups is 1. The zero-order chi connectivity index (χ0) is 19.5. The van der Waals surface area contributed by atoms with Crippen molar-refractivity contribution in [3.63, 3.8) is 0 Å². The first-order valence-electron chi connectivity index (χ1n) is 9.69. The number of carbonyl (C=O) groups excluding carboxylic acids is 1. The molecule has 6 heteroatoms. The van der Waals surface area contributed by atoms with Crippen LogP contribution >= 0.6 is 11.3 Å². The molecule has 2 aromatic rings. The Morgan fingerprint density at radius 2 is 2.00 bits per heavy atom. The molecule has 4 rings (SSSR count). The van der Waals surface area contributed by atoms with E-state index < -0.39 is 0 Å². The van der Waals surface area contributed by atoms with Crippen molar-refractivity contribution in [1.82, 2.24) is 4.90 Å². The Morgan fingerprint density at radius 1 is 1.21 bits per heavy atom. The van der Waals surface area contributed by atoms with E-state index in [0.717, 1.165) is 61.3 Å². The summed E-state index contributed by atoms with van der Waals surface area (Å²) < 4.78 is 0. The minimum atomic E-state index is -0.0587. The number of nitrogens with zero attached hydrogens (tertiary/aromatic N) is 2. The summed E-state index contributed by atoms with van der Waals surface area (Å²) in [6.45, 7) is 1.86. The summed E-state index contributed by atoms with van der Waals surface area (Å²) in [4.78, 5) is 15.9. The van der Waals surface area contributed by atoms with Gasteiger partial charge in [-0.15, -0.1) is 11.3 Å². The highest BCUT2D eigenvalue weighted by molar-refractivity contribution is 7.16. The largest absolute Gasteiger partial charge is 0.508 e. The summed E-state index contributed by atoms with van der Waals surface area (Å²) in [6, 6.07) is 9.54. The van der Waals surface area contributed by atoms with Crippen LogP contribution in [0, 0.1) is 11.3 Å². The monoisotopic (exact) mass is 393 g/mol. The molecular formula is C22H23N3O2S. The van der Waals surface area contributed by atoms with Crippen LogP contribution in [-0.2, 0) is 17.6 Å². The summed E-state index contributed by atoms with van der Waals surface area (Å²) in [7, 11) is 0. The van der Waals surface area contributed by atoms with E-state index in [4.69, 9.17) is 0 Å². The minimum Gasteiger partial charge on any atom is -0.508 e. The number of aryl methyl sites for hydroxylation is 1. The van der Waals surface area contributed by atoms with Crippen LogP contribution in [0.2, 0.25) is 0 Å². The quantitative estimate of drug-likeness (QED) is 0.825. The molecule has 0 saturated carbocycles. The first-order chi connectivity index (χ1) is 13.6. The Morgan fingerprint density at radius 3 is 2.71 bits per heavy atom. The molecule has 0 saturated heterocycles. The molecule has 1 aliphatic carbocycles. The molecular weight excluding hydrogens is 370 g/mol. The molecule has 0 spiro atoms. The number of nitrogens with one attached hydrogen (secondary N) is 1. The van der Waals surface area contributed by atoms with Crippen LogP contribution in [0.1, 0.15) is 40.8 Å². The molecule has 0 bridgehead atoms. The molecule has 1 amide bonds. The van der Waals surface area contributed by atoms with E-state index in [2.05, 4.69) is 22.4 Å². The molecule has 2 heterocycles. The standard InChI is InChI=1S/C22H23N3O2S/c23-13-19-18-3-1-2-4-20(18)28-22(19)24-21(27)14-25-11-9-16(10-12-25)15-5-7-17(26)8-6-15/h5-9,26H,1-4,10-12,14H2,(H,24,27). The predicted molar refractivity (Wildman–Crippen MR) is 111 cm³/mol. The van der Waals surface area contributed by atoms with Crippen LogP contribution in [0.5, 0.6) is 5.75 Å². The van der Waals surface area contributed by atoms with Crippen molar-refractivity contribution in [3.8, 4) is 11.8 Å². The smallest absolute Gasteiger partial charge is 0.239 e. The van der Waals surface area contributed by atoms with Crippen LogP contribution in [0.4, 0.5) is 5.00 Å². The molecule has 2 aliphatic rings. The Kier molecular flexibility index (Phi) is 5.47. The fourth-order valence-electron chi connectivity index (χ4n) is 3.93. The molecule has 5 nitrogen and oxygen atoms in total. The molecule has 0 atom stereocenters. The fraction of sp³-hybridized carbons (Fsp3) is 0.364. The first kappa shape index (κ1) is 18.7.